The molecule has 0 spiro atoms. The largest absolute Gasteiger partial charge is 0.322 e. The summed E-state index contributed by atoms with van der Waals surface area (Å²) in [5.74, 6) is 0. The van der Waals surface area contributed by atoms with Gasteiger partial charge in [0, 0.05) is 35.9 Å². The van der Waals surface area contributed by atoms with E-state index in [2.05, 4.69) is 89.0 Å². The number of amides is 2. The molecule has 0 radical (unpaired) electrons. The third kappa shape index (κ3) is 4.45. The van der Waals surface area contributed by atoms with Crippen molar-refractivity contribution in [3.8, 4) is 0 Å². The molecular formula is C27H32N3OS+. The maximum atomic E-state index is 13.6. The van der Waals surface area contributed by atoms with Crippen LogP contribution in [-0.2, 0) is 13.1 Å². The summed E-state index contributed by atoms with van der Waals surface area (Å²) >= 11 is 1.73. The van der Waals surface area contributed by atoms with Crippen molar-refractivity contribution in [3.63, 3.8) is 0 Å². The summed E-state index contributed by atoms with van der Waals surface area (Å²) < 4.78 is 1.06. The molecule has 2 amide bonds. The third-order valence-corrected chi connectivity index (χ3v) is 8.04. The van der Waals surface area contributed by atoms with Crippen LogP contribution in [0.3, 0.4) is 0 Å². The van der Waals surface area contributed by atoms with E-state index in [0.717, 1.165) is 43.5 Å². The van der Waals surface area contributed by atoms with E-state index in [9.17, 15) is 4.79 Å². The van der Waals surface area contributed by atoms with Crippen LogP contribution >= 0.6 is 11.3 Å². The fraction of sp³-hybridized carbons (Fsp3) is 0.370. The molecule has 2 aliphatic heterocycles. The molecule has 1 unspecified atom stereocenters. The first kappa shape index (κ1) is 21.2. The highest BCUT2D eigenvalue weighted by atomic mass is 32.1. The van der Waals surface area contributed by atoms with Crippen LogP contribution in [-0.4, -0.2) is 53.0 Å². The molecule has 0 aliphatic carbocycles. The summed E-state index contributed by atoms with van der Waals surface area (Å²) in [7, 11) is 2.37. The maximum Gasteiger partial charge on any atom is 0.321 e. The van der Waals surface area contributed by atoms with Crippen molar-refractivity contribution < 1.29 is 9.28 Å². The molecule has 5 heteroatoms. The minimum Gasteiger partial charge on any atom is -0.322 e. The first-order valence-corrected chi connectivity index (χ1v) is 12.5. The summed E-state index contributed by atoms with van der Waals surface area (Å²) in [6.07, 6.45) is 2.15. The summed E-state index contributed by atoms with van der Waals surface area (Å²) in [4.78, 5) is 19.1. The maximum absolute atomic E-state index is 13.6. The lowest BCUT2D eigenvalue weighted by molar-refractivity contribution is -0.927. The van der Waals surface area contributed by atoms with E-state index in [0.29, 0.717) is 12.6 Å². The van der Waals surface area contributed by atoms with Crippen molar-refractivity contribution in [1.82, 2.24) is 9.80 Å². The Morgan fingerprint density at radius 2 is 1.62 bits per heavy atom. The Hall–Kier alpha value is -2.63. The molecule has 1 aromatic heterocycles. The predicted molar refractivity (Wildman–Crippen MR) is 130 cm³/mol. The van der Waals surface area contributed by atoms with Gasteiger partial charge in [-0.2, -0.15) is 0 Å². The first-order valence-electron chi connectivity index (χ1n) is 11.6. The van der Waals surface area contributed by atoms with E-state index in [1.807, 2.05) is 6.07 Å². The van der Waals surface area contributed by atoms with Gasteiger partial charge in [0.25, 0.3) is 0 Å². The summed E-state index contributed by atoms with van der Waals surface area (Å²) in [6.45, 7) is 4.79. The Morgan fingerprint density at radius 1 is 0.938 bits per heavy atom. The van der Waals surface area contributed by atoms with Crippen LogP contribution in [0.2, 0.25) is 0 Å². The SMILES string of the molecule is C[N+]1(Cc2ccccc2)CCC(N2CC(c3ccccc3)N(Cc3cccs3)C2=O)CC1. The molecule has 2 fully saturated rings. The molecule has 2 saturated heterocycles. The minimum absolute atomic E-state index is 0.123. The van der Waals surface area contributed by atoms with Gasteiger partial charge in [0.05, 0.1) is 32.7 Å². The lowest BCUT2D eigenvalue weighted by atomic mass is 9.99. The van der Waals surface area contributed by atoms with Gasteiger partial charge in [0.2, 0.25) is 0 Å². The van der Waals surface area contributed by atoms with Gasteiger partial charge in [-0.15, -0.1) is 11.3 Å². The molecule has 3 aromatic rings. The molecule has 5 rings (SSSR count). The van der Waals surface area contributed by atoms with Gasteiger partial charge < -0.3 is 14.3 Å². The highest BCUT2D eigenvalue weighted by Gasteiger charge is 2.43. The molecule has 32 heavy (non-hydrogen) atoms. The number of benzene rings is 2. The lowest BCUT2D eigenvalue weighted by Gasteiger charge is -2.42. The van der Waals surface area contributed by atoms with Crippen LogP contribution < -0.4 is 0 Å². The molecule has 2 aromatic carbocycles. The molecule has 1 atom stereocenters. The Bertz CT molecular complexity index is 1010. The fourth-order valence-corrected chi connectivity index (χ4v) is 6.05. The second kappa shape index (κ2) is 9.08. The number of piperidine rings is 1. The van der Waals surface area contributed by atoms with Crippen LogP contribution in [0, 0.1) is 0 Å². The topological polar surface area (TPSA) is 23.6 Å². The monoisotopic (exact) mass is 446 g/mol. The summed E-state index contributed by atoms with van der Waals surface area (Å²) in [5.41, 5.74) is 2.64. The minimum atomic E-state index is 0.123. The van der Waals surface area contributed by atoms with Crippen LogP contribution in [0.5, 0.6) is 0 Å². The number of carbonyl (C=O) groups is 1. The number of hydrogen-bond donors (Lipinski definition) is 0. The van der Waals surface area contributed by atoms with Gasteiger partial charge in [0.15, 0.2) is 0 Å². The summed E-state index contributed by atoms with van der Waals surface area (Å²) in [6, 6.07) is 26.2. The molecule has 0 bridgehead atoms. The van der Waals surface area contributed by atoms with Gasteiger partial charge in [-0.1, -0.05) is 66.7 Å². The van der Waals surface area contributed by atoms with Gasteiger partial charge in [-0.05, 0) is 17.0 Å². The molecule has 0 saturated carbocycles. The average Bonchev–Trinajstić information content (AvgIpc) is 3.44. The normalized spacial score (nSPS) is 26.0. The second-order valence-electron chi connectivity index (χ2n) is 9.51. The van der Waals surface area contributed by atoms with Crippen LogP contribution in [0.15, 0.2) is 78.2 Å². The van der Waals surface area contributed by atoms with Gasteiger partial charge in [-0.3, -0.25) is 0 Å². The number of rotatable bonds is 6. The number of thiophene rings is 1. The number of carbonyl (C=O) groups excluding carboxylic acids is 1. The van der Waals surface area contributed by atoms with E-state index in [-0.39, 0.29) is 12.1 Å². The molecule has 166 valence electrons. The van der Waals surface area contributed by atoms with Crippen molar-refractivity contribution in [1.29, 1.82) is 0 Å². The Balaban J connectivity index is 1.30. The lowest BCUT2D eigenvalue weighted by Crippen LogP contribution is -2.54. The fourth-order valence-electron chi connectivity index (χ4n) is 5.35. The van der Waals surface area contributed by atoms with Crippen molar-refractivity contribution in [2.24, 2.45) is 0 Å². The smallest absolute Gasteiger partial charge is 0.321 e. The van der Waals surface area contributed by atoms with Crippen LogP contribution in [0.25, 0.3) is 0 Å². The predicted octanol–water partition coefficient (Wildman–Crippen LogP) is 5.54. The first-order chi connectivity index (χ1) is 15.6. The van der Waals surface area contributed by atoms with Crippen LogP contribution in [0.4, 0.5) is 4.79 Å². The highest BCUT2D eigenvalue weighted by Crippen LogP contribution is 2.35. The molecule has 4 nitrogen and oxygen atoms in total. The standard InChI is InChI=1S/C27H32N3OS/c1-30(21-22-9-4-2-5-10-22)16-14-24(15-17-30)28-20-26(23-11-6-3-7-12-23)29(27(28)31)19-25-13-8-18-32-25/h2-13,18,24,26H,14-17,19-21H2,1H3/q+1. The number of likely N-dealkylation sites (tertiary alicyclic amines) is 1. The number of urea groups is 1. The quantitative estimate of drug-likeness (QED) is 0.456. The van der Waals surface area contributed by atoms with E-state index in [4.69, 9.17) is 0 Å². The Labute approximate surface area is 195 Å². The average molecular weight is 447 g/mol. The third-order valence-electron chi connectivity index (χ3n) is 7.18. The van der Waals surface area contributed by atoms with Gasteiger partial charge in [-0.25, -0.2) is 4.79 Å². The molecule has 0 N–H and O–H groups in total. The van der Waals surface area contributed by atoms with Crippen molar-refractivity contribution in [3.05, 3.63) is 94.2 Å². The molecular weight excluding hydrogens is 414 g/mol. The van der Waals surface area contributed by atoms with Crippen molar-refractivity contribution in [2.75, 3.05) is 26.7 Å². The molecule has 2 aliphatic rings. The van der Waals surface area contributed by atoms with Crippen LogP contribution in [0.1, 0.15) is 34.9 Å². The Morgan fingerprint density at radius 3 is 2.28 bits per heavy atom. The van der Waals surface area contributed by atoms with Crippen molar-refractivity contribution in [2.45, 2.75) is 38.0 Å². The van der Waals surface area contributed by atoms with E-state index in [1.165, 1.54) is 16.0 Å². The Kier molecular flexibility index (Phi) is 6.03. The van der Waals surface area contributed by atoms with E-state index < -0.39 is 0 Å². The van der Waals surface area contributed by atoms with Gasteiger partial charge in [0.1, 0.15) is 6.54 Å². The zero-order valence-corrected chi connectivity index (χ0v) is 19.6. The zero-order chi connectivity index (χ0) is 22.0. The van der Waals surface area contributed by atoms with Gasteiger partial charge >= 0.3 is 6.03 Å². The number of hydrogen-bond acceptors (Lipinski definition) is 2. The second-order valence-corrected chi connectivity index (χ2v) is 10.5. The highest BCUT2D eigenvalue weighted by molar-refractivity contribution is 7.09. The number of nitrogens with zero attached hydrogens (tertiary/aromatic N) is 3. The van der Waals surface area contributed by atoms with E-state index in [1.54, 1.807) is 11.3 Å². The van der Waals surface area contributed by atoms with E-state index >= 15 is 0 Å². The summed E-state index contributed by atoms with van der Waals surface area (Å²) in [5, 5.41) is 2.10. The number of quaternary nitrogens is 1. The zero-order valence-electron chi connectivity index (χ0n) is 18.8. The molecule has 3 heterocycles. The van der Waals surface area contributed by atoms with Crippen molar-refractivity contribution >= 4 is 17.4 Å².